The summed E-state index contributed by atoms with van der Waals surface area (Å²) in [5.74, 6) is 0. The van der Waals surface area contributed by atoms with Crippen LogP contribution < -0.4 is 5.32 Å². The van der Waals surface area contributed by atoms with E-state index in [-0.39, 0.29) is 0 Å². The van der Waals surface area contributed by atoms with E-state index < -0.39 is 0 Å². The summed E-state index contributed by atoms with van der Waals surface area (Å²) >= 11 is 3.50. The number of nitrogens with one attached hydrogen (secondary N) is 1. The number of nitrogens with zero attached hydrogens (tertiary/aromatic N) is 2. The van der Waals surface area contributed by atoms with E-state index in [1.165, 1.54) is 16.8 Å². The van der Waals surface area contributed by atoms with Crippen LogP contribution in [-0.4, -0.2) is 23.4 Å². The highest BCUT2D eigenvalue weighted by Gasteiger charge is 2.08. The van der Waals surface area contributed by atoms with Gasteiger partial charge in [0.05, 0.1) is 12.7 Å². The lowest BCUT2D eigenvalue weighted by Gasteiger charge is -2.05. The number of benzene rings is 1. The Bertz CT molecular complexity index is 505. The molecule has 0 aliphatic carbocycles. The van der Waals surface area contributed by atoms with E-state index in [4.69, 9.17) is 0 Å². The molecule has 0 saturated carbocycles. The summed E-state index contributed by atoms with van der Waals surface area (Å²) < 4.78 is 3.13. The highest BCUT2D eigenvalue weighted by atomic mass is 79.9. The summed E-state index contributed by atoms with van der Waals surface area (Å²) in [6.07, 6.45) is 1.94. The molecule has 90 valence electrons. The van der Waals surface area contributed by atoms with Gasteiger partial charge in [-0.15, -0.1) is 0 Å². The Kier molecular flexibility index (Phi) is 3.97. The summed E-state index contributed by atoms with van der Waals surface area (Å²) in [5, 5.41) is 7.55. The fourth-order valence-corrected chi connectivity index (χ4v) is 2.23. The summed E-state index contributed by atoms with van der Waals surface area (Å²) in [6.45, 7) is 3.94. The average molecular weight is 294 g/mol. The second-order valence-corrected chi connectivity index (χ2v) is 4.90. The predicted octanol–water partition coefficient (Wildman–Crippen LogP) is 2.84. The second-order valence-electron chi connectivity index (χ2n) is 3.98. The van der Waals surface area contributed by atoms with Gasteiger partial charge in [0.25, 0.3) is 0 Å². The van der Waals surface area contributed by atoms with Gasteiger partial charge in [0.1, 0.15) is 0 Å². The SMILES string of the molecule is CNCCn1ncc(-c2cccc(Br)c2)c1C. The Labute approximate surface area is 110 Å². The molecular weight excluding hydrogens is 278 g/mol. The molecule has 1 N–H and O–H groups in total. The van der Waals surface area contributed by atoms with Crippen molar-refractivity contribution in [3.8, 4) is 11.1 Å². The molecule has 4 heteroatoms. The number of aromatic nitrogens is 2. The summed E-state index contributed by atoms with van der Waals surface area (Å²) in [7, 11) is 1.95. The van der Waals surface area contributed by atoms with Crippen LogP contribution in [0.4, 0.5) is 0 Å². The highest BCUT2D eigenvalue weighted by molar-refractivity contribution is 9.10. The summed E-state index contributed by atoms with van der Waals surface area (Å²) in [6, 6.07) is 8.30. The standard InChI is InChI=1S/C13H16BrN3/c1-10-13(9-16-17(10)7-6-15-2)11-4-3-5-12(14)8-11/h3-5,8-9,15H,6-7H2,1-2H3. The summed E-state index contributed by atoms with van der Waals surface area (Å²) in [4.78, 5) is 0. The Morgan fingerprint density at radius 2 is 2.24 bits per heavy atom. The molecule has 0 aliphatic rings. The molecule has 0 radical (unpaired) electrons. The number of hydrogen-bond acceptors (Lipinski definition) is 2. The minimum absolute atomic E-state index is 0.899. The molecule has 0 bridgehead atoms. The first-order valence-corrected chi connectivity index (χ1v) is 6.44. The zero-order chi connectivity index (χ0) is 12.3. The van der Waals surface area contributed by atoms with Gasteiger partial charge in [-0.3, -0.25) is 4.68 Å². The summed E-state index contributed by atoms with van der Waals surface area (Å²) in [5.41, 5.74) is 3.60. The third-order valence-electron chi connectivity index (χ3n) is 2.81. The van der Waals surface area contributed by atoms with Crippen LogP contribution in [0.25, 0.3) is 11.1 Å². The van der Waals surface area contributed by atoms with Crippen molar-refractivity contribution in [2.75, 3.05) is 13.6 Å². The molecule has 17 heavy (non-hydrogen) atoms. The van der Waals surface area contributed by atoms with Gasteiger partial charge in [-0.2, -0.15) is 5.10 Å². The highest BCUT2D eigenvalue weighted by Crippen LogP contribution is 2.25. The first-order valence-electron chi connectivity index (χ1n) is 5.65. The van der Waals surface area contributed by atoms with Gasteiger partial charge >= 0.3 is 0 Å². The molecule has 0 saturated heterocycles. The van der Waals surface area contributed by atoms with Crippen LogP contribution in [0.15, 0.2) is 34.9 Å². The maximum absolute atomic E-state index is 4.42. The van der Waals surface area contributed by atoms with Crippen molar-refractivity contribution in [1.29, 1.82) is 0 Å². The topological polar surface area (TPSA) is 29.9 Å². The van der Waals surface area contributed by atoms with Crippen LogP contribution in [0.1, 0.15) is 5.69 Å². The maximum Gasteiger partial charge on any atom is 0.0571 e. The fraction of sp³-hybridized carbons (Fsp3) is 0.308. The van der Waals surface area contributed by atoms with E-state index in [2.05, 4.69) is 45.4 Å². The molecule has 0 fully saturated rings. The van der Waals surface area contributed by atoms with Gasteiger partial charge in [-0.25, -0.2) is 0 Å². The van der Waals surface area contributed by atoms with E-state index in [0.717, 1.165) is 17.6 Å². The smallest absolute Gasteiger partial charge is 0.0571 e. The lowest BCUT2D eigenvalue weighted by Crippen LogP contribution is -2.16. The number of likely N-dealkylation sites (N-methyl/N-ethyl adjacent to an activating group) is 1. The first kappa shape index (κ1) is 12.3. The molecule has 0 aliphatic heterocycles. The Balaban J connectivity index is 2.30. The average Bonchev–Trinajstić information content (AvgIpc) is 2.68. The van der Waals surface area contributed by atoms with Gasteiger partial charge in [-0.05, 0) is 31.7 Å². The number of hydrogen-bond donors (Lipinski definition) is 1. The van der Waals surface area contributed by atoms with Crippen molar-refractivity contribution in [3.63, 3.8) is 0 Å². The van der Waals surface area contributed by atoms with Crippen molar-refractivity contribution in [2.24, 2.45) is 0 Å². The third-order valence-corrected chi connectivity index (χ3v) is 3.31. The minimum Gasteiger partial charge on any atom is -0.318 e. The second kappa shape index (κ2) is 5.47. The Morgan fingerprint density at radius 1 is 1.41 bits per heavy atom. The normalized spacial score (nSPS) is 10.8. The molecule has 0 amide bonds. The van der Waals surface area contributed by atoms with Crippen molar-refractivity contribution in [3.05, 3.63) is 40.6 Å². The van der Waals surface area contributed by atoms with Crippen LogP contribution >= 0.6 is 15.9 Å². The van der Waals surface area contributed by atoms with Crippen LogP contribution in [-0.2, 0) is 6.54 Å². The van der Waals surface area contributed by atoms with E-state index in [1.807, 2.05) is 30.1 Å². The van der Waals surface area contributed by atoms with Crippen LogP contribution in [0.5, 0.6) is 0 Å². The van der Waals surface area contributed by atoms with Crippen LogP contribution in [0.2, 0.25) is 0 Å². The zero-order valence-electron chi connectivity index (χ0n) is 10.1. The lowest BCUT2D eigenvalue weighted by molar-refractivity contribution is 0.572. The molecule has 0 spiro atoms. The molecule has 0 atom stereocenters. The van der Waals surface area contributed by atoms with Gasteiger partial charge in [0.15, 0.2) is 0 Å². The van der Waals surface area contributed by atoms with Crippen molar-refractivity contribution in [1.82, 2.24) is 15.1 Å². The molecule has 1 aromatic carbocycles. The largest absolute Gasteiger partial charge is 0.318 e. The van der Waals surface area contributed by atoms with Gasteiger partial charge in [0, 0.05) is 22.3 Å². The van der Waals surface area contributed by atoms with Gasteiger partial charge in [-0.1, -0.05) is 28.1 Å². The van der Waals surface area contributed by atoms with E-state index >= 15 is 0 Å². The van der Waals surface area contributed by atoms with E-state index in [0.29, 0.717) is 0 Å². The maximum atomic E-state index is 4.42. The number of rotatable bonds is 4. The Morgan fingerprint density at radius 3 is 2.94 bits per heavy atom. The number of halogens is 1. The predicted molar refractivity (Wildman–Crippen MR) is 74.0 cm³/mol. The zero-order valence-corrected chi connectivity index (χ0v) is 11.7. The van der Waals surface area contributed by atoms with Gasteiger partial charge < -0.3 is 5.32 Å². The van der Waals surface area contributed by atoms with Crippen molar-refractivity contribution >= 4 is 15.9 Å². The van der Waals surface area contributed by atoms with Gasteiger partial charge in [0.2, 0.25) is 0 Å². The fourth-order valence-electron chi connectivity index (χ4n) is 1.83. The monoisotopic (exact) mass is 293 g/mol. The first-order chi connectivity index (χ1) is 8.22. The molecule has 2 aromatic rings. The molecular formula is C13H16BrN3. The van der Waals surface area contributed by atoms with Crippen molar-refractivity contribution in [2.45, 2.75) is 13.5 Å². The van der Waals surface area contributed by atoms with Crippen LogP contribution in [0, 0.1) is 6.92 Å². The van der Waals surface area contributed by atoms with E-state index in [1.54, 1.807) is 0 Å². The Hall–Kier alpha value is -1.13. The molecule has 3 nitrogen and oxygen atoms in total. The van der Waals surface area contributed by atoms with Crippen molar-refractivity contribution < 1.29 is 0 Å². The molecule has 1 heterocycles. The molecule has 2 rings (SSSR count). The quantitative estimate of drug-likeness (QED) is 0.939. The molecule has 0 unspecified atom stereocenters. The van der Waals surface area contributed by atoms with E-state index in [9.17, 15) is 0 Å². The molecule has 1 aromatic heterocycles. The third kappa shape index (κ3) is 2.76. The minimum atomic E-state index is 0.899. The lowest BCUT2D eigenvalue weighted by atomic mass is 10.1. The van der Waals surface area contributed by atoms with Crippen LogP contribution in [0.3, 0.4) is 0 Å².